The zero-order valence-corrected chi connectivity index (χ0v) is 16.0. The predicted octanol–water partition coefficient (Wildman–Crippen LogP) is 3.60. The van der Waals surface area contributed by atoms with Crippen molar-refractivity contribution in [2.75, 3.05) is 33.0 Å². The van der Waals surface area contributed by atoms with E-state index in [2.05, 4.69) is 21.7 Å². The van der Waals surface area contributed by atoms with Crippen LogP contribution in [0.4, 0.5) is 0 Å². The summed E-state index contributed by atoms with van der Waals surface area (Å²) in [4.78, 5) is 17.0. The van der Waals surface area contributed by atoms with Gasteiger partial charge in [0.25, 0.3) is 5.91 Å². The van der Waals surface area contributed by atoms with E-state index in [4.69, 9.17) is 4.74 Å². The van der Waals surface area contributed by atoms with Crippen molar-refractivity contribution in [3.63, 3.8) is 0 Å². The molecule has 4 nitrogen and oxygen atoms in total. The summed E-state index contributed by atoms with van der Waals surface area (Å²) in [6.07, 6.45) is 0. The molecule has 1 aliphatic rings. The number of nitrogens with zero attached hydrogens (tertiary/aromatic N) is 1. The molecule has 1 amide bonds. The molecule has 1 aromatic heterocycles. The Labute approximate surface area is 156 Å². The lowest BCUT2D eigenvalue weighted by Crippen LogP contribution is -2.36. The van der Waals surface area contributed by atoms with E-state index < -0.39 is 0 Å². The van der Waals surface area contributed by atoms with Gasteiger partial charge in [-0.1, -0.05) is 36.4 Å². The standard InChI is InChI=1S/C19H22N2O2S2/c1-21(2)15(16-9-6-11-24-16)13-20-19(22)17-18(25-12-10-23-17)14-7-4-3-5-8-14/h3-9,11,15H,10,12-13H2,1-2H3,(H,20,22)/t15-/m0/s1. The van der Waals surface area contributed by atoms with Crippen molar-refractivity contribution in [2.24, 2.45) is 0 Å². The van der Waals surface area contributed by atoms with Crippen LogP contribution >= 0.6 is 23.1 Å². The summed E-state index contributed by atoms with van der Waals surface area (Å²) in [5.74, 6) is 1.15. The van der Waals surface area contributed by atoms with Crippen LogP contribution < -0.4 is 5.32 Å². The van der Waals surface area contributed by atoms with Crippen molar-refractivity contribution in [2.45, 2.75) is 6.04 Å². The molecule has 1 atom stereocenters. The van der Waals surface area contributed by atoms with Gasteiger partial charge in [-0.15, -0.1) is 23.1 Å². The number of hydrogen-bond donors (Lipinski definition) is 1. The smallest absolute Gasteiger partial charge is 0.287 e. The third-order valence-electron chi connectivity index (χ3n) is 3.98. The van der Waals surface area contributed by atoms with E-state index in [0.29, 0.717) is 18.9 Å². The van der Waals surface area contributed by atoms with Crippen LogP contribution in [-0.2, 0) is 9.53 Å². The second-order valence-electron chi connectivity index (χ2n) is 5.93. The van der Waals surface area contributed by atoms with Gasteiger partial charge in [-0.25, -0.2) is 0 Å². The fourth-order valence-electron chi connectivity index (χ4n) is 2.68. The predicted molar refractivity (Wildman–Crippen MR) is 106 cm³/mol. The van der Waals surface area contributed by atoms with Crippen molar-refractivity contribution in [1.82, 2.24) is 10.2 Å². The first-order valence-electron chi connectivity index (χ1n) is 8.20. The average Bonchev–Trinajstić information content (AvgIpc) is 3.16. The van der Waals surface area contributed by atoms with Crippen LogP contribution in [0.25, 0.3) is 4.91 Å². The van der Waals surface area contributed by atoms with Gasteiger partial charge in [0.1, 0.15) is 0 Å². The number of benzene rings is 1. The van der Waals surface area contributed by atoms with Gasteiger partial charge in [-0.2, -0.15) is 0 Å². The normalized spacial score (nSPS) is 15.8. The molecule has 0 aliphatic carbocycles. The quantitative estimate of drug-likeness (QED) is 0.839. The van der Waals surface area contributed by atoms with Crippen molar-refractivity contribution in [3.8, 4) is 0 Å². The topological polar surface area (TPSA) is 41.6 Å². The first kappa shape index (κ1) is 18.0. The molecule has 2 aromatic rings. The molecule has 0 unspecified atom stereocenters. The summed E-state index contributed by atoms with van der Waals surface area (Å²) in [5, 5.41) is 5.11. The zero-order chi connectivity index (χ0) is 17.6. The van der Waals surface area contributed by atoms with Crippen LogP contribution in [0, 0.1) is 0 Å². The minimum Gasteiger partial charge on any atom is -0.486 e. The lowest BCUT2D eigenvalue weighted by molar-refractivity contribution is -0.120. The number of rotatable bonds is 6. The van der Waals surface area contributed by atoms with Gasteiger partial charge in [-0.3, -0.25) is 4.79 Å². The second kappa shape index (κ2) is 8.56. The minimum atomic E-state index is -0.144. The van der Waals surface area contributed by atoms with Crippen LogP contribution in [0.1, 0.15) is 16.5 Å². The molecule has 1 N–H and O–H groups in total. The summed E-state index contributed by atoms with van der Waals surface area (Å²) >= 11 is 3.38. The Balaban J connectivity index is 1.75. The molecule has 1 aromatic carbocycles. The number of amides is 1. The third kappa shape index (κ3) is 4.45. The van der Waals surface area contributed by atoms with E-state index in [9.17, 15) is 4.79 Å². The average molecular weight is 375 g/mol. The molecule has 0 saturated carbocycles. The summed E-state index contributed by atoms with van der Waals surface area (Å²) in [7, 11) is 4.05. The molecular formula is C19H22N2O2S2. The maximum absolute atomic E-state index is 12.8. The Kier molecular flexibility index (Phi) is 6.18. The molecule has 6 heteroatoms. The van der Waals surface area contributed by atoms with Crippen molar-refractivity contribution in [3.05, 3.63) is 64.0 Å². The Morgan fingerprint density at radius 2 is 2.04 bits per heavy atom. The van der Waals surface area contributed by atoms with E-state index in [1.165, 1.54) is 4.88 Å². The van der Waals surface area contributed by atoms with E-state index in [-0.39, 0.29) is 11.9 Å². The molecule has 3 rings (SSSR count). The summed E-state index contributed by atoms with van der Waals surface area (Å²) in [6.45, 7) is 1.11. The largest absolute Gasteiger partial charge is 0.486 e. The van der Waals surface area contributed by atoms with Crippen LogP contribution in [-0.4, -0.2) is 43.8 Å². The number of carbonyl (C=O) groups is 1. The molecular weight excluding hydrogens is 352 g/mol. The van der Waals surface area contributed by atoms with E-state index in [0.717, 1.165) is 16.2 Å². The number of nitrogens with one attached hydrogen (secondary N) is 1. The molecule has 132 valence electrons. The summed E-state index contributed by atoms with van der Waals surface area (Å²) < 4.78 is 5.73. The number of carbonyl (C=O) groups excluding carboxylic acids is 1. The Morgan fingerprint density at radius 1 is 1.24 bits per heavy atom. The molecule has 1 aliphatic heterocycles. The molecule has 0 fully saturated rings. The van der Waals surface area contributed by atoms with Gasteiger partial charge in [0.2, 0.25) is 0 Å². The van der Waals surface area contributed by atoms with Crippen molar-refractivity contribution < 1.29 is 9.53 Å². The highest BCUT2D eigenvalue weighted by Gasteiger charge is 2.24. The highest BCUT2D eigenvalue weighted by molar-refractivity contribution is 8.08. The third-order valence-corrected chi connectivity index (χ3v) is 6.03. The highest BCUT2D eigenvalue weighted by atomic mass is 32.2. The lowest BCUT2D eigenvalue weighted by Gasteiger charge is -2.25. The lowest BCUT2D eigenvalue weighted by atomic mass is 10.2. The van der Waals surface area contributed by atoms with E-state index >= 15 is 0 Å². The maximum Gasteiger partial charge on any atom is 0.287 e. The van der Waals surface area contributed by atoms with Gasteiger partial charge < -0.3 is 15.0 Å². The molecule has 0 radical (unpaired) electrons. The zero-order valence-electron chi connectivity index (χ0n) is 14.4. The van der Waals surface area contributed by atoms with Crippen molar-refractivity contribution >= 4 is 33.9 Å². The second-order valence-corrected chi connectivity index (χ2v) is 8.01. The summed E-state index contributed by atoms with van der Waals surface area (Å²) in [6, 6.07) is 14.2. The number of thiophene rings is 1. The maximum atomic E-state index is 12.8. The van der Waals surface area contributed by atoms with Crippen LogP contribution in [0.15, 0.2) is 53.6 Å². The number of ether oxygens (including phenoxy) is 1. The first-order chi connectivity index (χ1) is 12.2. The Hall–Kier alpha value is -1.76. The number of hydrogen-bond acceptors (Lipinski definition) is 5. The summed E-state index contributed by atoms with van der Waals surface area (Å²) in [5.41, 5.74) is 1.03. The molecule has 0 bridgehead atoms. The van der Waals surface area contributed by atoms with Gasteiger partial charge in [0.05, 0.1) is 17.6 Å². The van der Waals surface area contributed by atoms with Crippen molar-refractivity contribution in [1.29, 1.82) is 0 Å². The fourth-order valence-corrected chi connectivity index (χ4v) is 4.56. The van der Waals surface area contributed by atoms with Crippen LogP contribution in [0.3, 0.4) is 0 Å². The molecule has 2 heterocycles. The minimum absolute atomic E-state index is 0.144. The van der Waals surface area contributed by atoms with E-state index in [1.807, 2.05) is 50.5 Å². The van der Waals surface area contributed by atoms with Gasteiger partial charge in [-0.05, 0) is 31.1 Å². The Morgan fingerprint density at radius 3 is 2.72 bits per heavy atom. The highest BCUT2D eigenvalue weighted by Crippen LogP contribution is 2.34. The number of likely N-dealkylation sites (N-methyl/N-ethyl adjacent to an activating group) is 1. The molecule has 25 heavy (non-hydrogen) atoms. The van der Waals surface area contributed by atoms with E-state index in [1.54, 1.807) is 23.1 Å². The molecule has 0 saturated heterocycles. The van der Waals surface area contributed by atoms with Gasteiger partial charge in [0.15, 0.2) is 5.76 Å². The van der Waals surface area contributed by atoms with Gasteiger partial charge >= 0.3 is 0 Å². The first-order valence-corrected chi connectivity index (χ1v) is 10.1. The molecule has 0 spiro atoms. The SMILES string of the molecule is CN(C)[C@@H](CNC(=O)C1=C(c2ccccc2)SCCO1)c1cccs1. The van der Waals surface area contributed by atoms with Gasteiger partial charge in [0, 0.05) is 17.2 Å². The van der Waals surface area contributed by atoms with Crippen LogP contribution in [0.2, 0.25) is 0 Å². The Bertz CT molecular complexity index is 727. The van der Waals surface area contributed by atoms with Crippen LogP contribution in [0.5, 0.6) is 0 Å². The fraction of sp³-hybridized carbons (Fsp3) is 0.316. The number of thioether (sulfide) groups is 1. The monoisotopic (exact) mass is 374 g/mol.